The molecule has 0 radical (unpaired) electrons. The van der Waals surface area contributed by atoms with Crippen molar-refractivity contribution in [2.45, 2.75) is 139 Å². The van der Waals surface area contributed by atoms with Crippen molar-refractivity contribution < 1.29 is 0 Å². The summed E-state index contributed by atoms with van der Waals surface area (Å²) in [5, 5.41) is 0. The lowest BCUT2D eigenvalue weighted by molar-refractivity contribution is 0.138. The van der Waals surface area contributed by atoms with Crippen LogP contribution in [0.5, 0.6) is 0 Å². The molecule has 1 aromatic carbocycles. The minimum absolute atomic E-state index is 0.336. The van der Waals surface area contributed by atoms with Crippen LogP contribution in [0.15, 0.2) is 35.9 Å². The first kappa shape index (κ1) is 30.2. The average molecular weight is 505 g/mol. The van der Waals surface area contributed by atoms with Crippen molar-refractivity contribution in [1.29, 1.82) is 0 Å². The van der Waals surface area contributed by atoms with E-state index in [0.717, 1.165) is 23.7 Å². The van der Waals surface area contributed by atoms with E-state index in [0.29, 0.717) is 10.8 Å². The molecule has 0 spiro atoms. The van der Waals surface area contributed by atoms with Gasteiger partial charge < -0.3 is 0 Å². The number of fused-ring (bicyclic) bond motifs is 3. The van der Waals surface area contributed by atoms with E-state index in [2.05, 4.69) is 91.8 Å². The summed E-state index contributed by atoms with van der Waals surface area (Å²) < 4.78 is 0. The highest BCUT2D eigenvalue weighted by atomic mass is 14.5. The van der Waals surface area contributed by atoms with Crippen LogP contribution in [0.1, 0.15) is 150 Å². The largest absolute Gasteiger partial charge is 0.0701 e. The molecule has 2 aliphatic rings. The third-order valence-corrected chi connectivity index (χ3v) is 9.34. The van der Waals surface area contributed by atoms with Gasteiger partial charge in [-0.05, 0) is 95.0 Å². The Bertz CT molecular complexity index is 862. The molecule has 0 heterocycles. The minimum Gasteiger partial charge on any atom is -0.0701 e. The van der Waals surface area contributed by atoms with Gasteiger partial charge in [0, 0.05) is 0 Å². The highest BCUT2D eigenvalue weighted by Gasteiger charge is 2.48. The van der Waals surface area contributed by atoms with Crippen LogP contribution < -0.4 is 0 Å². The van der Waals surface area contributed by atoms with Crippen molar-refractivity contribution in [1.82, 2.24) is 0 Å². The molecule has 0 unspecified atom stereocenters. The monoisotopic (exact) mass is 504 g/mol. The van der Waals surface area contributed by atoms with Crippen LogP contribution in [0, 0.1) is 34.5 Å². The Morgan fingerprint density at radius 3 is 1.57 bits per heavy atom. The Morgan fingerprint density at radius 2 is 1.08 bits per heavy atom. The van der Waals surface area contributed by atoms with Crippen LogP contribution >= 0.6 is 0 Å². The molecule has 2 aliphatic carbocycles. The maximum absolute atomic E-state index is 2.83. The zero-order valence-electron chi connectivity index (χ0n) is 26.0. The third kappa shape index (κ3) is 8.34. The molecule has 0 atom stereocenters. The van der Waals surface area contributed by atoms with E-state index in [1.807, 2.05) is 0 Å². The highest BCUT2D eigenvalue weighted by molar-refractivity contribution is 5.96. The first-order valence-electron chi connectivity index (χ1n) is 16.1. The van der Waals surface area contributed by atoms with Crippen LogP contribution in [0.4, 0.5) is 0 Å². The maximum atomic E-state index is 2.83. The van der Waals surface area contributed by atoms with Gasteiger partial charge in [0.05, 0.1) is 0 Å². The summed E-state index contributed by atoms with van der Waals surface area (Å²) in [5.41, 5.74) is 7.02. The molecule has 0 nitrogen and oxygen atoms in total. The fraction of sp³-hybridized carbons (Fsp3) is 0.730. The molecule has 1 aromatic rings. The quantitative estimate of drug-likeness (QED) is 0.210. The van der Waals surface area contributed by atoms with E-state index in [4.69, 9.17) is 0 Å². The Morgan fingerprint density at radius 1 is 0.622 bits per heavy atom. The molecule has 0 aliphatic heterocycles. The van der Waals surface area contributed by atoms with E-state index in [9.17, 15) is 0 Å². The maximum Gasteiger partial charge on any atom is -0.00325 e. The summed E-state index contributed by atoms with van der Waals surface area (Å²) in [6, 6.07) is 9.29. The van der Waals surface area contributed by atoms with Gasteiger partial charge in [0.2, 0.25) is 0 Å². The second-order valence-electron chi connectivity index (χ2n) is 14.7. The van der Waals surface area contributed by atoms with Gasteiger partial charge in [-0.3, -0.25) is 0 Å². The van der Waals surface area contributed by atoms with Gasteiger partial charge in [0.1, 0.15) is 0 Å². The number of benzene rings is 1. The van der Waals surface area contributed by atoms with Crippen LogP contribution in [0.3, 0.4) is 0 Å². The van der Waals surface area contributed by atoms with Crippen molar-refractivity contribution in [3.8, 4) is 0 Å². The van der Waals surface area contributed by atoms with Gasteiger partial charge >= 0.3 is 0 Å². The molecule has 0 saturated heterocycles. The summed E-state index contributed by atoms with van der Waals surface area (Å²) in [6.07, 6.45) is 23.3. The summed E-state index contributed by atoms with van der Waals surface area (Å²) in [6.45, 7) is 19.2. The highest BCUT2D eigenvalue weighted by Crippen LogP contribution is 2.62. The van der Waals surface area contributed by atoms with Crippen LogP contribution in [-0.4, -0.2) is 0 Å². The number of allylic oxidation sites excluding steroid dienone is 3. The molecule has 0 aromatic heterocycles. The third-order valence-electron chi connectivity index (χ3n) is 9.34. The van der Waals surface area contributed by atoms with E-state index < -0.39 is 0 Å². The van der Waals surface area contributed by atoms with E-state index in [-0.39, 0.29) is 0 Å². The summed E-state index contributed by atoms with van der Waals surface area (Å²) in [7, 11) is 0. The second-order valence-corrected chi connectivity index (χ2v) is 14.7. The summed E-state index contributed by atoms with van der Waals surface area (Å²) in [4.78, 5) is 0. The van der Waals surface area contributed by atoms with Gasteiger partial charge in [0.15, 0.2) is 0 Å². The summed E-state index contributed by atoms with van der Waals surface area (Å²) >= 11 is 0. The molecular formula is C37H60. The fourth-order valence-corrected chi connectivity index (χ4v) is 7.41. The molecule has 0 fully saturated rings. The fourth-order valence-electron chi connectivity index (χ4n) is 7.41. The van der Waals surface area contributed by atoms with Crippen molar-refractivity contribution in [3.63, 3.8) is 0 Å². The molecule has 0 N–H and O–H groups in total. The van der Waals surface area contributed by atoms with Crippen molar-refractivity contribution >= 4 is 11.6 Å². The first-order valence-corrected chi connectivity index (χ1v) is 16.1. The van der Waals surface area contributed by atoms with Gasteiger partial charge in [-0.2, -0.15) is 0 Å². The molecule has 3 rings (SSSR count). The first-order chi connectivity index (χ1) is 17.6. The van der Waals surface area contributed by atoms with Gasteiger partial charge in [-0.15, -0.1) is 0 Å². The van der Waals surface area contributed by atoms with E-state index in [1.54, 1.807) is 11.1 Å². The molecule has 37 heavy (non-hydrogen) atoms. The Labute approximate surface area is 231 Å². The van der Waals surface area contributed by atoms with Crippen LogP contribution in [0.25, 0.3) is 11.6 Å². The predicted molar refractivity (Wildman–Crippen MR) is 167 cm³/mol. The molecule has 0 bridgehead atoms. The van der Waals surface area contributed by atoms with E-state index in [1.165, 1.54) is 94.6 Å². The Hall–Kier alpha value is -1.30. The summed E-state index contributed by atoms with van der Waals surface area (Å²) in [5.74, 6) is 3.19. The lowest BCUT2D eigenvalue weighted by atomic mass is 9.55. The number of rotatable bonds is 16. The molecular weight excluding hydrogens is 444 g/mol. The average Bonchev–Trinajstić information content (AvgIpc) is 3.17. The van der Waals surface area contributed by atoms with E-state index >= 15 is 0 Å². The molecule has 0 heteroatoms. The van der Waals surface area contributed by atoms with Gasteiger partial charge in [-0.1, -0.05) is 137 Å². The Balaban J connectivity index is 2.06. The van der Waals surface area contributed by atoms with Gasteiger partial charge in [0.25, 0.3) is 0 Å². The van der Waals surface area contributed by atoms with Crippen LogP contribution in [0.2, 0.25) is 0 Å². The lowest BCUT2D eigenvalue weighted by Gasteiger charge is -2.49. The topological polar surface area (TPSA) is 0 Å². The van der Waals surface area contributed by atoms with Crippen molar-refractivity contribution in [2.75, 3.05) is 0 Å². The zero-order chi connectivity index (χ0) is 27.1. The minimum atomic E-state index is 0.336. The number of hydrogen-bond donors (Lipinski definition) is 0. The molecule has 0 saturated carbocycles. The second kappa shape index (κ2) is 13.7. The van der Waals surface area contributed by atoms with Crippen molar-refractivity contribution in [2.24, 2.45) is 34.5 Å². The molecule has 208 valence electrons. The van der Waals surface area contributed by atoms with Crippen molar-refractivity contribution in [3.05, 3.63) is 47.0 Å². The predicted octanol–water partition coefficient (Wildman–Crippen LogP) is 12.1. The smallest absolute Gasteiger partial charge is 0.00325 e. The van der Waals surface area contributed by atoms with Crippen LogP contribution in [-0.2, 0) is 0 Å². The Kier molecular flexibility index (Phi) is 11.2. The molecule has 0 amide bonds. The SMILES string of the molecule is CC(C)CCCC1(CCCC(C)C)C=C2C(=Cc3ccccc32)C(CCCC(C)C)(CCCC(C)C)C1. The lowest BCUT2D eigenvalue weighted by Crippen LogP contribution is -2.37. The number of hydrogen-bond acceptors (Lipinski definition) is 0. The zero-order valence-corrected chi connectivity index (χ0v) is 26.0. The van der Waals surface area contributed by atoms with Gasteiger partial charge in [-0.25, -0.2) is 0 Å². The standard InChI is InChI=1S/C37H60/c1-28(2)15-11-21-36(22-12-16-29(3)4)26-34-33-20-10-9-19-32(33)25-35(34)37(27-36,23-13-17-30(5)6)24-14-18-31(7)8/h9-10,19-20,25-26,28-31H,11-18,21-24,27H2,1-8H3. The normalized spacial score (nSPS) is 17.9.